The minimum atomic E-state index is -4.31. The molecule has 3 N–H and O–H groups in total. The van der Waals surface area contributed by atoms with E-state index >= 15 is 0 Å². The van der Waals surface area contributed by atoms with Gasteiger partial charge in [-0.2, -0.15) is 8.42 Å². The van der Waals surface area contributed by atoms with E-state index in [2.05, 4.69) is 38.2 Å². The van der Waals surface area contributed by atoms with Crippen molar-refractivity contribution < 1.29 is 27.7 Å². The molecule has 0 heterocycles. The van der Waals surface area contributed by atoms with Gasteiger partial charge in [-0.15, -0.1) is 0 Å². The van der Waals surface area contributed by atoms with Crippen LogP contribution in [0.4, 0.5) is 0 Å². The summed E-state index contributed by atoms with van der Waals surface area (Å²) in [7, 11) is -4.31. The van der Waals surface area contributed by atoms with Crippen LogP contribution in [-0.2, 0) is 19.7 Å². The molecule has 0 saturated heterocycles. The molecule has 1 amide bonds. The molecule has 0 fully saturated rings. The van der Waals surface area contributed by atoms with E-state index in [1.165, 1.54) is 30.1 Å². The molecule has 178 valence electrons. The zero-order valence-electron chi connectivity index (χ0n) is 19.5. The molecule has 0 aromatic heterocycles. The number of carbonyl (C=O) groups is 2. The maximum absolute atomic E-state index is 12.0. The third-order valence-corrected chi connectivity index (χ3v) is 6.16. The van der Waals surface area contributed by atoms with Gasteiger partial charge in [-0.1, -0.05) is 55.4 Å². The van der Waals surface area contributed by atoms with Gasteiger partial charge in [0.25, 0.3) is 10.1 Å². The van der Waals surface area contributed by atoms with Gasteiger partial charge in [0.1, 0.15) is 6.04 Å². The summed E-state index contributed by atoms with van der Waals surface area (Å²) in [5, 5.41) is 11.3. The third kappa shape index (κ3) is 10.2. The second-order valence-corrected chi connectivity index (χ2v) is 10.5. The van der Waals surface area contributed by atoms with Crippen LogP contribution in [0.25, 0.3) is 0 Å². The maximum Gasteiger partial charge on any atom is 0.326 e. The van der Waals surface area contributed by atoms with E-state index in [0.717, 1.165) is 12.0 Å². The highest BCUT2D eigenvalue weighted by Gasteiger charge is 2.26. The molecule has 7 nitrogen and oxygen atoms in total. The summed E-state index contributed by atoms with van der Waals surface area (Å²) in [6.45, 7) is 10.4. The lowest BCUT2D eigenvalue weighted by Gasteiger charge is -2.32. The number of hydrogen-bond donors (Lipinski definition) is 3. The van der Waals surface area contributed by atoms with Crippen molar-refractivity contribution in [2.24, 2.45) is 5.41 Å². The summed E-state index contributed by atoms with van der Waals surface area (Å²) in [6, 6.07) is -1.41. The molecule has 0 spiro atoms. The van der Waals surface area contributed by atoms with Crippen molar-refractivity contribution in [3.8, 4) is 0 Å². The molecule has 0 unspecified atom stereocenters. The topological polar surface area (TPSA) is 121 Å². The molecule has 8 heteroatoms. The average Bonchev–Trinajstić information content (AvgIpc) is 2.63. The first-order valence-corrected chi connectivity index (χ1v) is 12.2. The minimum Gasteiger partial charge on any atom is -0.480 e. The van der Waals surface area contributed by atoms with Crippen LogP contribution in [-0.4, -0.2) is 41.7 Å². The molecular weight excluding hydrogens is 430 g/mol. The van der Waals surface area contributed by atoms with Gasteiger partial charge < -0.3 is 10.4 Å². The quantitative estimate of drug-likeness (QED) is 0.250. The average molecular weight is 466 g/mol. The summed E-state index contributed by atoms with van der Waals surface area (Å²) in [5.41, 5.74) is 4.64. The molecule has 0 aromatic rings. The predicted molar refractivity (Wildman–Crippen MR) is 127 cm³/mol. The lowest BCUT2D eigenvalue weighted by atomic mass is 9.72. The van der Waals surface area contributed by atoms with Gasteiger partial charge in [0.15, 0.2) is 0 Å². The smallest absolute Gasteiger partial charge is 0.326 e. The summed E-state index contributed by atoms with van der Waals surface area (Å²) in [4.78, 5) is 23.2. The van der Waals surface area contributed by atoms with Gasteiger partial charge in [0, 0.05) is 6.08 Å². The Kier molecular flexibility index (Phi) is 10.3. The van der Waals surface area contributed by atoms with Crippen molar-refractivity contribution in [2.45, 2.75) is 66.3 Å². The molecular formula is C24H35NO6S. The van der Waals surface area contributed by atoms with E-state index in [4.69, 9.17) is 9.66 Å². The van der Waals surface area contributed by atoms with Crippen LogP contribution in [0.5, 0.6) is 0 Å². The number of aliphatic carboxylic acids is 1. The van der Waals surface area contributed by atoms with Gasteiger partial charge in [-0.25, -0.2) is 4.79 Å². The van der Waals surface area contributed by atoms with Gasteiger partial charge >= 0.3 is 5.97 Å². The molecule has 0 aromatic carbocycles. The first-order chi connectivity index (χ1) is 14.7. The van der Waals surface area contributed by atoms with Crippen molar-refractivity contribution >= 4 is 22.0 Å². The predicted octanol–water partition coefficient (Wildman–Crippen LogP) is 4.37. The molecule has 1 aliphatic rings. The zero-order chi connectivity index (χ0) is 24.5. The number of carboxylic acid groups (broad SMARTS) is 1. The number of amides is 1. The van der Waals surface area contributed by atoms with Crippen LogP contribution >= 0.6 is 0 Å². The van der Waals surface area contributed by atoms with Gasteiger partial charge in [0.2, 0.25) is 5.91 Å². The molecule has 1 aliphatic carbocycles. The van der Waals surface area contributed by atoms with Crippen LogP contribution in [0, 0.1) is 5.41 Å². The zero-order valence-corrected chi connectivity index (χ0v) is 20.3. The molecule has 0 bridgehead atoms. The Balaban J connectivity index is 2.74. The van der Waals surface area contributed by atoms with Crippen molar-refractivity contribution in [1.82, 2.24) is 5.32 Å². The van der Waals surface area contributed by atoms with Crippen molar-refractivity contribution in [2.75, 3.05) is 5.75 Å². The molecule has 0 saturated carbocycles. The monoisotopic (exact) mass is 465 g/mol. The fraction of sp³-hybridized carbons (Fsp3) is 0.500. The van der Waals surface area contributed by atoms with E-state index in [-0.39, 0.29) is 5.41 Å². The molecule has 0 aliphatic heterocycles. The normalized spacial score (nSPS) is 18.9. The third-order valence-electron chi connectivity index (χ3n) is 5.41. The fourth-order valence-corrected chi connectivity index (χ4v) is 4.16. The Labute approximate surface area is 191 Å². The molecule has 1 atom stereocenters. The number of carboxylic acids is 1. The van der Waals surface area contributed by atoms with Gasteiger partial charge in [0.05, 0.1) is 5.75 Å². The first-order valence-electron chi connectivity index (χ1n) is 10.6. The molecule has 0 radical (unpaired) electrons. The summed E-state index contributed by atoms with van der Waals surface area (Å²) in [6.07, 6.45) is 14.1. The summed E-state index contributed by atoms with van der Waals surface area (Å²) < 4.78 is 30.3. The summed E-state index contributed by atoms with van der Waals surface area (Å²) >= 11 is 0. The Morgan fingerprint density at radius 3 is 2.41 bits per heavy atom. The Hall–Kier alpha value is -2.45. The number of nitrogens with one attached hydrogen (secondary N) is 1. The van der Waals surface area contributed by atoms with Crippen molar-refractivity contribution in [3.63, 3.8) is 0 Å². The Morgan fingerprint density at radius 1 is 1.19 bits per heavy atom. The van der Waals surface area contributed by atoms with Crippen LogP contribution in [0.1, 0.15) is 60.3 Å². The van der Waals surface area contributed by atoms with E-state index in [9.17, 15) is 18.0 Å². The summed E-state index contributed by atoms with van der Waals surface area (Å²) in [5.74, 6) is -2.78. The maximum atomic E-state index is 12.0. The SMILES string of the molecule is CC(C=CC1=C(C)CCCC1(C)C)=CC=C/C(C)=C\C(=O)N[C@@H](CCS(=O)(=O)O)C(=O)O. The Morgan fingerprint density at radius 2 is 1.84 bits per heavy atom. The number of allylic oxidation sites excluding steroid dienone is 9. The minimum absolute atomic E-state index is 0.177. The number of carbonyl (C=O) groups excluding carboxylic acids is 1. The van der Waals surface area contributed by atoms with Gasteiger partial charge in [-0.3, -0.25) is 9.35 Å². The fourth-order valence-electron chi connectivity index (χ4n) is 3.62. The second-order valence-electron chi connectivity index (χ2n) is 8.90. The van der Waals surface area contributed by atoms with Crippen LogP contribution < -0.4 is 5.32 Å². The van der Waals surface area contributed by atoms with Gasteiger partial charge in [-0.05, 0) is 63.0 Å². The molecule has 1 rings (SSSR count). The Bertz CT molecular complexity index is 964. The van der Waals surface area contributed by atoms with E-state index in [1.54, 1.807) is 19.1 Å². The highest BCUT2D eigenvalue weighted by molar-refractivity contribution is 7.85. The lowest BCUT2D eigenvalue weighted by molar-refractivity contribution is -0.141. The number of rotatable bonds is 10. The highest BCUT2D eigenvalue weighted by Crippen LogP contribution is 2.40. The molecule has 32 heavy (non-hydrogen) atoms. The van der Waals surface area contributed by atoms with E-state index in [1.807, 2.05) is 13.0 Å². The van der Waals surface area contributed by atoms with Crippen molar-refractivity contribution in [3.05, 3.63) is 58.7 Å². The van der Waals surface area contributed by atoms with Crippen LogP contribution in [0.3, 0.4) is 0 Å². The first kappa shape index (κ1) is 27.6. The van der Waals surface area contributed by atoms with Crippen LogP contribution in [0.15, 0.2) is 58.7 Å². The van der Waals surface area contributed by atoms with Crippen LogP contribution in [0.2, 0.25) is 0 Å². The lowest BCUT2D eigenvalue weighted by Crippen LogP contribution is -2.41. The number of hydrogen-bond acceptors (Lipinski definition) is 4. The largest absolute Gasteiger partial charge is 0.480 e. The van der Waals surface area contributed by atoms with Crippen molar-refractivity contribution in [1.29, 1.82) is 0 Å². The standard InChI is InChI=1S/C24H35NO6S/c1-17(11-12-20-19(3)10-7-14-24(20,4)5)8-6-9-18(2)16-22(26)25-21(23(27)28)13-15-32(29,30)31/h6,8-9,11-12,16,21H,7,10,13-15H2,1-5H3,(H,25,26)(H,27,28)(H,29,30,31)/b9-6?,12-11?,17-8?,18-16-/t21-/m0/s1. The van der Waals surface area contributed by atoms with E-state index < -0.39 is 40.2 Å². The second kappa shape index (κ2) is 12.0. The highest BCUT2D eigenvalue weighted by atomic mass is 32.2. The van der Waals surface area contributed by atoms with E-state index in [0.29, 0.717) is 5.57 Å².